The van der Waals surface area contributed by atoms with Gasteiger partial charge >= 0.3 is 12.1 Å². The van der Waals surface area contributed by atoms with E-state index < -0.39 is 30.3 Å². The van der Waals surface area contributed by atoms with Crippen molar-refractivity contribution in [3.05, 3.63) is 77.2 Å². The van der Waals surface area contributed by atoms with Crippen molar-refractivity contribution in [2.45, 2.75) is 12.8 Å². The fourth-order valence-electron chi connectivity index (χ4n) is 2.70. The monoisotopic (exact) mass is 403 g/mol. The van der Waals surface area contributed by atoms with Gasteiger partial charge in [0.05, 0.1) is 0 Å². The molecule has 0 atom stereocenters. The summed E-state index contributed by atoms with van der Waals surface area (Å²) < 4.78 is 48.9. The molecule has 5 nitrogen and oxygen atoms in total. The number of carbonyl (C=O) groups is 1. The lowest BCUT2D eigenvalue weighted by molar-refractivity contribution is -0.154. The number of nitrogens with zero attached hydrogens (tertiary/aromatic N) is 1. The van der Waals surface area contributed by atoms with E-state index in [9.17, 15) is 18.0 Å². The predicted molar refractivity (Wildman–Crippen MR) is 100 cm³/mol. The highest BCUT2D eigenvalue weighted by molar-refractivity contribution is 5.84. The minimum Gasteiger partial charge on any atom is -0.489 e. The van der Waals surface area contributed by atoms with E-state index in [-0.39, 0.29) is 5.56 Å². The molecule has 8 heteroatoms. The Hall–Kier alpha value is -3.55. The maximum absolute atomic E-state index is 13.0. The number of aromatic carboxylic acids is 1. The van der Waals surface area contributed by atoms with Crippen LogP contribution in [0.25, 0.3) is 11.1 Å². The highest BCUT2D eigenvalue weighted by Crippen LogP contribution is 2.35. The normalized spacial score (nSPS) is 11.7. The Bertz CT molecular complexity index is 1020. The van der Waals surface area contributed by atoms with E-state index in [4.69, 9.17) is 9.84 Å². The van der Waals surface area contributed by atoms with E-state index in [0.29, 0.717) is 5.75 Å². The lowest BCUT2D eigenvalue weighted by atomic mass is 10.0. The summed E-state index contributed by atoms with van der Waals surface area (Å²) in [6.45, 7) is -0.476. The molecule has 2 aromatic carbocycles. The summed E-state index contributed by atoms with van der Waals surface area (Å²) in [7, 11) is 1.69. The molecule has 0 fully saturated rings. The number of alkyl halides is 3. The fourth-order valence-corrected chi connectivity index (χ4v) is 2.70. The molecule has 3 aromatic rings. The molecule has 29 heavy (non-hydrogen) atoms. The van der Waals surface area contributed by atoms with Gasteiger partial charge in [-0.15, -0.1) is 0 Å². The van der Waals surface area contributed by atoms with Crippen LogP contribution < -0.4 is 4.74 Å². The van der Waals surface area contributed by atoms with Gasteiger partial charge < -0.3 is 14.3 Å². The van der Waals surface area contributed by atoms with Crippen LogP contribution in [0, 0.1) is 0 Å². The highest BCUT2D eigenvalue weighted by Gasteiger charge is 2.39. The average molecular weight is 403 g/mol. The zero-order chi connectivity index (χ0) is 21.0. The number of halogens is 3. The lowest BCUT2D eigenvalue weighted by Crippen LogP contribution is -2.08. The van der Waals surface area contributed by atoms with Crippen molar-refractivity contribution in [2.75, 3.05) is 7.05 Å². The van der Waals surface area contributed by atoms with E-state index in [2.05, 4.69) is 9.41 Å². The molecular weight excluding hydrogens is 387 g/mol. The number of ether oxygens (including phenoxy) is 1. The lowest BCUT2D eigenvalue weighted by Gasteiger charge is -2.09. The van der Waals surface area contributed by atoms with Crippen LogP contribution in [-0.2, 0) is 12.8 Å². The van der Waals surface area contributed by atoms with Crippen LogP contribution in [0.15, 0.2) is 64.0 Å². The quantitative estimate of drug-likeness (QED) is 0.568. The second-order valence-corrected chi connectivity index (χ2v) is 6.09. The number of hydrogen-bond donors (Lipinski definition) is 1. The second-order valence-electron chi connectivity index (χ2n) is 6.09. The van der Waals surface area contributed by atoms with Gasteiger partial charge in [-0.25, -0.2) is 4.79 Å². The summed E-state index contributed by atoms with van der Waals surface area (Å²) in [6, 6.07) is 15.3. The zero-order valence-corrected chi connectivity index (χ0v) is 15.2. The second kappa shape index (κ2) is 8.22. The topological polar surface area (TPSA) is 72.0 Å². The van der Waals surface area contributed by atoms with Gasteiger partial charge in [0.1, 0.15) is 12.4 Å². The molecule has 0 aliphatic heterocycles. The van der Waals surface area contributed by atoms with E-state index >= 15 is 0 Å². The number of rotatable bonds is 6. The maximum Gasteiger partial charge on any atom is 0.449 e. The molecular formula is C21H16F3NO4. The molecule has 1 N–H and O–H groups in total. The number of carboxylic acids is 1. The molecule has 3 rings (SSSR count). The largest absolute Gasteiger partial charge is 0.489 e. The van der Waals surface area contributed by atoms with Gasteiger partial charge in [0.25, 0.3) is 0 Å². The van der Waals surface area contributed by atoms with Crippen LogP contribution in [0.1, 0.15) is 27.4 Å². The minimum absolute atomic E-state index is 0.342. The SMILES string of the molecule is CN=Cc1ccc(-c2ccc(OCc3cc(C(=O)O)oc3C(F)(F)F)cc2)cc1. The Morgan fingerprint density at radius 1 is 1.10 bits per heavy atom. The number of benzene rings is 2. The summed E-state index contributed by atoms with van der Waals surface area (Å²) in [6.07, 6.45) is -3.08. The maximum atomic E-state index is 13.0. The van der Waals surface area contributed by atoms with Crippen molar-refractivity contribution >= 4 is 12.2 Å². The van der Waals surface area contributed by atoms with Crippen LogP contribution in [-0.4, -0.2) is 24.3 Å². The molecule has 0 aliphatic carbocycles. The molecule has 0 unspecified atom stereocenters. The van der Waals surface area contributed by atoms with Crippen molar-refractivity contribution in [3.8, 4) is 16.9 Å². The molecule has 0 saturated heterocycles. The molecule has 0 aliphatic rings. The van der Waals surface area contributed by atoms with E-state index in [1.54, 1.807) is 37.5 Å². The summed E-state index contributed by atoms with van der Waals surface area (Å²) in [5.74, 6) is -3.40. The number of carboxylic acid groups (broad SMARTS) is 1. The standard InChI is InChI=1S/C21H16F3NO4/c1-25-11-13-2-4-14(5-3-13)15-6-8-17(9-7-15)28-12-16-10-18(20(26)27)29-19(16)21(22,23)24/h2-11H,12H2,1H3,(H,26,27). The molecule has 0 radical (unpaired) electrons. The van der Waals surface area contributed by atoms with Crippen LogP contribution in [0.4, 0.5) is 13.2 Å². The van der Waals surface area contributed by atoms with Gasteiger partial charge in [-0.05, 0) is 34.9 Å². The van der Waals surface area contributed by atoms with E-state index in [1.165, 1.54) is 0 Å². The Labute approximate surface area is 164 Å². The van der Waals surface area contributed by atoms with Crippen molar-refractivity contribution in [1.82, 2.24) is 0 Å². The third kappa shape index (κ3) is 4.84. The van der Waals surface area contributed by atoms with Gasteiger partial charge in [0.15, 0.2) is 0 Å². The molecule has 0 bridgehead atoms. The minimum atomic E-state index is -4.81. The Morgan fingerprint density at radius 2 is 1.69 bits per heavy atom. The summed E-state index contributed by atoms with van der Waals surface area (Å²) in [4.78, 5) is 14.8. The summed E-state index contributed by atoms with van der Waals surface area (Å²) in [5.41, 5.74) is 2.46. The molecule has 1 aromatic heterocycles. The third-order valence-electron chi connectivity index (χ3n) is 4.05. The van der Waals surface area contributed by atoms with Crippen molar-refractivity contribution in [1.29, 1.82) is 0 Å². The zero-order valence-electron chi connectivity index (χ0n) is 15.2. The van der Waals surface area contributed by atoms with Gasteiger partial charge in [-0.2, -0.15) is 13.2 Å². The Morgan fingerprint density at radius 3 is 2.21 bits per heavy atom. The van der Waals surface area contributed by atoms with Gasteiger partial charge in [0.2, 0.25) is 11.5 Å². The van der Waals surface area contributed by atoms with Crippen LogP contribution in [0.3, 0.4) is 0 Å². The first-order chi connectivity index (χ1) is 13.8. The summed E-state index contributed by atoms with van der Waals surface area (Å²) in [5, 5.41) is 8.85. The average Bonchev–Trinajstić information content (AvgIpc) is 3.13. The van der Waals surface area contributed by atoms with Crippen molar-refractivity contribution in [3.63, 3.8) is 0 Å². The summed E-state index contributed by atoms with van der Waals surface area (Å²) >= 11 is 0. The fraction of sp³-hybridized carbons (Fsp3) is 0.143. The van der Waals surface area contributed by atoms with E-state index in [1.807, 2.05) is 24.3 Å². The van der Waals surface area contributed by atoms with Gasteiger partial charge in [-0.3, -0.25) is 4.99 Å². The Balaban J connectivity index is 1.73. The number of hydrogen-bond acceptors (Lipinski definition) is 4. The predicted octanol–water partition coefficient (Wildman–Crippen LogP) is 5.29. The van der Waals surface area contributed by atoms with Crippen molar-refractivity contribution < 1.29 is 32.2 Å². The molecule has 0 spiro atoms. The highest BCUT2D eigenvalue weighted by atomic mass is 19.4. The molecule has 0 saturated carbocycles. The van der Waals surface area contributed by atoms with Crippen LogP contribution in [0.5, 0.6) is 5.75 Å². The number of furan rings is 1. The van der Waals surface area contributed by atoms with Gasteiger partial charge in [0, 0.05) is 18.8 Å². The van der Waals surface area contributed by atoms with Crippen LogP contribution >= 0.6 is 0 Å². The first-order valence-corrected chi connectivity index (χ1v) is 8.46. The van der Waals surface area contributed by atoms with Crippen LogP contribution in [0.2, 0.25) is 0 Å². The number of aliphatic imine (C=N–C) groups is 1. The molecule has 150 valence electrons. The molecule has 0 amide bonds. The molecule has 1 heterocycles. The smallest absolute Gasteiger partial charge is 0.449 e. The first-order valence-electron chi connectivity index (χ1n) is 8.46. The Kier molecular flexibility index (Phi) is 5.72. The van der Waals surface area contributed by atoms with Gasteiger partial charge in [-0.1, -0.05) is 36.4 Å². The van der Waals surface area contributed by atoms with E-state index in [0.717, 1.165) is 22.8 Å². The first kappa shape index (κ1) is 20.2. The van der Waals surface area contributed by atoms with Crippen molar-refractivity contribution in [2.24, 2.45) is 4.99 Å². The third-order valence-corrected chi connectivity index (χ3v) is 4.05.